The molecule has 0 aliphatic heterocycles. The topological polar surface area (TPSA) is 56.5 Å². The molecule has 2 aromatic carbocycles. The van der Waals surface area contributed by atoms with Crippen LogP contribution in [0.15, 0.2) is 66.0 Å². The van der Waals surface area contributed by atoms with Crippen LogP contribution in [0.25, 0.3) is 11.2 Å². The van der Waals surface area contributed by atoms with Crippen molar-refractivity contribution < 1.29 is 0 Å². The van der Waals surface area contributed by atoms with E-state index in [1.165, 1.54) is 16.7 Å². The second-order valence-corrected chi connectivity index (χ2v) is 7.58. The third kappa shape index (κ3) is 3.46. The Morgan fingerprint density at radius 2 is 1.77 bits per heavy atom. The van der Waals surface area contributed by atoms with E-state index in [4.69, 9.17) is 0 Å². The molecule has 4 rings (SSSR count). The summed E-state index contributed by atoms with van der Waals surface area (Å²) in [5.74, 6) is 0. The fourth-order valence-electron chi connectivity index (χ4n) is 2.79. The number of rotatable bonds is 5. The van der Waals surface area contributed by atoms with Gasteiger partial charge in [-0.15, -0.1) is 5.10 Å². The van der Waals surface area contributed by atoms with Crippen molar-refractivity contribution in [3.05, 3.63) is 77.6 Å². The molecule has 0 spiro atoms. The van der Waals surface area contributed by atoms with Gasteiger partial charge in [-0.1, -0.05) is 77.1 Å². The van der Waals surface area contributed by atoms with Gasteiger partial charge in [0.15, 0.2) is 11.2 Å². The Hall–Kier alpha value is -2.73. The Morgan fingerprint density at radius 1 is 1.00 bits per heavy atom. The van der Waals surface area contributed by atoms with Gasteiger partial charge in [-0.05, 0) is 25.0 Å². The minimum atomic E-state index is 0.275. The highest BCUT2D eigenvalue weighted by Gasteiger charge is 2.16. The largest absolute Gasteiger partial charge is 0.227 e. The molecule has 0 saturated carbocycles. The van der Waals surface area contributed by atoms with Crippen LogP contribution in [0.5, 0.6) is 0 Å². The van der Waals surface area contributed by atoms with Crippen LogP contribution >= 0.6 is 11.8 Å². The summed E-state index contributed by atoms with van der Waals surface area (Å²) in [6.07, 6.45) is 1.59. The van der Waals surface area contributed by atoms with Crippen molar-refractivity contribution in [3.63, 3.8) is 0 Å². The Kier molecular flexibility index (Phi) is 4.67. The molecular formula is C20H19N5S. The molecule has 1 atom stereocenters. The van der Waals surface area contributed by atoms with Crippen molar-refractivity contribution >= 4 is 22.9 Å². The monoisotopic (exact) mass is 361 g/mol. The van der Waals surface area contributed by atoms with E-state index in [0.29, 0.717) is 6.54 Å². The van der Waals surface area contributed by atoms with Gasteiger partial charge in [0.2, 0.25) is 0 Å². The number of benzene rings is 2. The molecule has 0 unspecified atom stereocenters. The summed E-state index contributed by atoms with van der Waals surface area (Å²) >= 11 is 1.68. The van der Waals surface area contributed by atoms with Crippen molar-refractivity contribution in [3.8, 4) is 0 Å². The quantitative estimate of drug-likeness (QED) is 0.389. The summed E-state index contributed by atoms with van der Waals surface area (Å²) in [5, 5.41) is 9.79. The lowest BCUT2D eigenvalue weighted by molar-refractivity contribution is 0.664. The molecule has 0 aliphatic rings. The maximum atomic E-state index is 4.44. The number of nitrogens with zero attached hydrogens (tertiary/aromatic N) is 5. The first-order valence-corrected chi connectivity index (χ1v) is 9.40. The van der Waals surface area contributed by atoms with Crippen molar-refractivity contribution in [2.24, 2.45) is 0 Å². The zero-order valence-corrected chi connectivity index (χ0v) is 15.5. The predicted molar refractivity (Wildman–Crippen MR) is 104 cm³/mol. The summed E-state index contributed by atoms with van der Waals surface area (Å²) in [7, 11) is 0. The normalized spacial score (nSPS) is 12.4. The van der Waals surface area contributed by atoms with Gasteiger partial charge in [0.1, 0.15) is 11.4 Å². The van der Waals surface area contributed by atoms with E-state index >= 15 is 0 Å². The summed E-state index contributed by atoms with van der Waals surface area (Å²) in [5.41, 5.74) is 5.20. The van der Waals surface area contributed by atoms with Crippen LogP contribution in [-0.4, -0.2) is 25.0 Å². The molecule has 0 aliphatic carbocycles. The molecule has 0 radical (unpaired) electrons. The number of aryl methyl sites for hydroxylation is 1. The second-order valence-electron chi connectivity index (χ2n) is 6.25. The third-order valence-corrected chi connectivity index (χ3v) is 5.42. The van der Waals surface area contributed by atoms with E-state index in [0.717, 1.165) is 16.2 Å². The highest BCUT2D eigenvalue weighted by Crippen LogP contribution is 2.35. The van der Waals surface area contributed by atoms with Gasteiger partial charge in [0.05, 0.1) is 6.54 Å². The van der Waals surface area contributed by atoms with Crippen LogP contribution in [0.2, 0.25) is 0 Å². The molecular weight excluding hydrogens is 342 g/mol. The molecule has 130 valence electrons. The molecule has 0 amide bonds. The second kappa shape index (κ2) is 7.25. The molecule has 2 heterocycles. The van der Waals surface area contributed by atoms with Gasteiger partial charge >= 0.3 is 0 Å². The number of thioether (sulfide) groups is 1. The van der Waals surface area contributed by atoms with Gasteiger partial charge in [0.25, 0.3) is 0 Å². The Labute approximate surface area is 156 Å². The van der Waals surface area contributed by atoms with Crippen LogP contribution in [0.1, 0.15) is 28.9 Å². The zero-order valence-electron chi connectivity index (χ0n) is 14.7. The number of hydrogen-bond donors (Lipinski definition) is 0. The summed E-state index contributed by atoms with van der Waals surface area (Å²) in [4.78, 5) is 8.85. The van der Waals surface area contributed by atoms with Gasteiger partial charge in [-0.2, -0.15) is 0 Å². The Balaban J connectivity index is 1.61. The molecule has 26 heavy (non-hydrogen) atoms. The van der Waals surface area contributed by atoms with E-state index < -0.39 is 0 Å². The lowest BCUT2D eigenvalue weighted by atomic mass is 10.1. The van der Waals surface area contributed by atoms with Gasteiger partial charge in [0, 0.05) is 5.25 Å². The van der Waals surface area contributed by atoms with E-state index in [-0.39, 0.29) is 5.25 Å². The minimum absolute atomic E-state index is 0.275. The molecule has 6 heteroatoms. The summed E-state index contributed by atoms with van der Waals surface area (Å²) in [6, 6.07) is 18.8. The van der Waals surface area contributed by atoms with Crippen molar-refractivity contribution in [2.45, 2.75) is 30.7 Å². The van der Waals surface area contributed by atoms with E-state index in [1.54, 1.807) is 18.1 Å². The number of hydrogen-bond acceptors (Lipinski definition) is 5. The molecule has 0 fully saturated rings. The van der Waals surface area contributed by atoms with Crippen LogP contribution in [0.4, 0.5) is 0 Å². The van der Waals surface area contributed by atoms with Crippen molar-refractivity contribution in [1.82, 2.24) is 25.0 Å². The third-order valence-electron chi connectivity index (χ3n) is 4.28. The minimum Gasteiger partial charge on any atom is -0.227 e. The lowest BCUT2D eigenvalue weighted by Crippen LogP contribution is -2.03. The average molecular weight is 361 g/mol. The summed E-state index contributed by atoms with van der Waals surface area (Å²) < 4.78 is 1.83. The molecule has 2 aromatic heterocycles. The standard InChI is InChI=1S/C20H19N5S/c1-14-8-10-16(11-9-14)12-25-19-18(23-24-25)20(22-13-21-19)26-15(2)17-6-4-3-5-7-17/h3-11,13,15H,12H2,1-2H3/t15-/m1/s1. The Morgan fingerprint density at radius 3 is 2.54 bits per heavy atom. The van der Waals surface area contributed by atoms with Gasteiger partial charge < -0.3 is 0 Å². The van der Waals surface area contributed by atoms with Gasteiger partial charge in [-0.3, -0.25) is 0 Å². The maximum Gasteiger partial charge on any atom is 0.183 e. The number of fused-ring (bicyclic) bond motifs is 1. The molecule has 5 nitrogen and oxygen atoms in total. The average Bonchev–Trinajstić information content (AvgIpc) is 3.08. The molecule has 0 saturated heterocycles. The fraction of sp³-hybridized carbons (Fsp3) is 0.200. The van der Waals surface area contributed by atoms with E-state index in [2.05, 4.69) is 82.7 Å². The fourth-order valence-corrected chi connectivity index (χ4v) is 3.77. The lowest BCUT2D eigenvalue weighted by Gasteiger charge is -2.10. The highest BCUT2D eigenvalue weighted by molar-refractivity contribution is 7.99. The van der Waals surface area contributed by atoms with E-state index in [9.17, 15) is 0 Å². The first-order valence-electron chi connectivity index (χ1n) is 8.52. The van der Waals surface area contributed by atoms with Crippen molar-refractivity contribution in [1.29, 1.82) is 0 Å². The first kappa shape index (κ1) is 16.7. The molecule has 0 bridgehead atoms. The highest BCUT2D eigenvalue weighted by atomic mass is 32.2. The van der Waals surface area contributed by atoms with Crippen LogP contribution in [0, 0.1) is 6.92 Å². The molecule has 4 aromatic rings. The smallest absolute Gasteiger partial charge is 0.183 e. The van der Waals surface area contributed by atoms with Crippen LogP contribution in [-0.2, 0) is 6.54 Å². The first-order chi connectivity index (χ1) is 12.7. The Bertz CT molecular complexity index is 1010. The number of aromatic nitrogens is 5. The van der Waals surface area contributed by atoms with Gasteiger partial charge in [-0.25, -0.2) is 14.6 Å². The maximum absolute atomic E-state index is 4.44. The summed E-state index contributed by atoms with van der Waals surface area (Å²) in [6.45, 7) is 4.90. The van der Waals surface area contributed by atoms with Crippen LogP contribution < -0.4 is 0 Å². The zero-order chi connectivity index (χ0) is 17.9. The van der Waals surface area contributed by atoms with Crippen molar-refractivity contribution in [2.75, 3.05) is 0 Å². The predicted octanol–water partition coefficient (Wildman–Crippen LogP) is 4.43. The van der Waals surface area contributed by atoms with Crippen LogP contribution in [0.3, 0.4) is 0 Å². The SMILES string of the molecule is Cc1ccc(Cn2nnc3c(S[C@H](C)c4ccccc4)ncnc32)cc1. The van der Waals surface area contributed by atoms with E-state index in [1.807, 2.05) is 10.7 Å². The molecule has 0 N–H and O–H groups in total.